The van der Waals surface area contributed by atoms with Gasteiger partial charge >= 0.3 is 0 Å². The van der Waals surface area contributed by atoms with Crippen molar-refractivity contribution in [1.82, 2.24) is 5.43 Å². The molecule has 3 nitrogen and oxygen atoms in total. The van der Waals surface area contributed by atoms with Gasteiger partial charge in [-0.25, -0.2) is 5.43 Å². The highest BCUT2D eigenvalue weighted by atomic mass is 16.2. The van der Waals surface area contributed by atoms with Gasteiger partial charge in [0.2, 0.25) is 5.91 Å². The maximum atomic E-state index is 11.9. The largest absolute Gasteiger partial charge is 0.273 e. The first-order valence-corrected chi connectivity index (χ1v) is 10.1. The van der Waals surface area contributed by atoms with Crippen molar-refractivity contribution in [2.24, 2.45) is 5.10 Å². The van der Waals surface area contributed by atoms with Crippen molar-refractivity contribution in [3.05, 3.63) is 35.4 Å². The van der Waals surface area contributed by atoms with E-state index in [1.807, 2.05) is 6.92 Å². The normalized spacial score (nSPS) is 11.6. The maximum Gasteiger partial charge on any atom is 0.240 e. The van der Waals surface area contributed by atoms with Crippen LogP contribution < -0.4 is 5.43 Å². The topological polar surface area (TPSA) is 41.5 Å². The fourth-order valence-electron chi connectivity index (χ4n) is 2.89. The van der Waals surface area contributed by atoms with Gasteiger partial charge in [0, 0.05) is 6.42 Å². The number of nitrogens with zero attached hydrogens (tertiary/aromatic N) is 1. The molecule has 1 N–H and O–H groups in total. The Morgan fingerprint density at radius 1 is 0.880 bits per heavy atom. The van der Waals surface area contributed by atoms with E-state index < -0.39 is 0 Å². The summed E-state index contributed by atoms with van der Waals surface area (Å²) in [7, 11) is 0. The van der Waals surface area contributed by atoms with E-state index in [9.17, 15) is 4.79 Å². The highest BCUT2D eigenvalue weighted by molar-refractivity contribution is 5.99. The Hall–Kier alpha value is -1.64. The number of hydrogen-bond acceptors (Lipinski definition) is 2. The van der Waals surface area contributed by atoms with Crippen LogP contribution in [0.4, 0.5) is 0 Å². The van der Waals surface area contributed by atoms with Gasteiger partial charge in [-0.15, -0.1) is 0 Å². The smallest absolute Gasteiger partial charge is 0.240 e. The quantitative estimate of drug-likeness (QED) is 0.266. The highest BCUT2D eigenvalue weighted by Gasteiger charge is 2.02. The molecule has 0 unspecified atom stereocenters. The fraction of sp³-hybridized carbons (Fsp3) is 0.636. The zero-order chi connectivity index (χ0) is 18.3. The van der Waals surface area contributed by atoms with Crippen LogP contribution >= 0.6 is 0 Å². The lowest BCUT2D eigenvalue weighted by molar-refractivity contribution is -0.121. The first kappa shape index (κ1) is 21.4. The van der Waals surface area contributed by atoms with Gasteiger partial charge in [0.1, 0.15) is 0 Å². The van der Waals surface area contributed by atoms with Crippen LogP contribution in [-0.2, 0) is 11.2 Å². The average molecular weight is 345 g/mol. The second-order valence-corrected chi connectivity index (χ2v) is 6.90. The molecule has 0 atom stereocenters. The van der Waals surface area contributed by atoms with Gasteiger partial charge in [-0.1, -0.05) is 89.5 Å². The predicted molar refractivity (Wildman–Crippen MR) is 108 cm³/mol. The molecule has 25 heavy (non-hydrogen) atoms. The van der Waals surface area contributed by atoms with E-state index in [-0.39, 0.29) is 5.91 Å². The molecule has 1 aromatic rings. The number of carbonyl (C=O) groups is 1. The highest BCUT2D eigenvalue weighted by Crippen LogP contribution is 2.10. The molecular weight excluding hydrogens is 308 g/mol. The van der Waals surface area contributed by atoms with Gasteiger partial charge in [0.05, 0.1) is 5.71 Å². The molecule has 0 saturated heterocycles. The summed E-state index contributed by atoms with van der Waals surface area (Å²) >= 11 is 0. The Morgan fingerprint density at radius 2 is 1.48 bits per heavy atom. The Morgan fingerprint density at radius 3 is 2.08 bits per heavy atom. The minimum absolute atomic E-state index is 0.0212. The van der Waals surface area contributed by atoms with Crippen LogP contribution in [0, 0.1) is 0 Å². The Bertz CT molecular complexity index is 505. The number of nitrogens with one attached hydrogen (secondary N) is 1. The molecule has 0 saturated carbocycles. The molecule has 0 radical (unpaired) electrons. The molecule has 0 aromatic heterocycles. The second kappa shape index (κ2) is 13.6. The van der Waals surface area contributed by atoms with Crippen LogP contribution in [0.1, 0.15) is 96.1 Å². The lowest BCUT2D eigenvalue weighted by Crippen LogP contribution is -2.18. The van der Waals surface area contributed by atoms with E-state index >= 15 is 0 Å². The van der Waals surface area contributed by atoms with E-state index in [1.165, 1.54) is 44.1 Å². The molecular formula is C22H36N2O. The number of aryl methyl sites for hydroxylation is 1. The number of amides is 1. The molecule has 0 heterocycles. The number of hydrazone groups is 1. The van der Waals surface area contributed by atoms with Gasteiger partial charge in [0.15, 0.2) is 0 Å². The summed E-state index contributed by atoms with van der Waals surface area (Å²) in [4.78, 5) is 11.9. The number of unbranched alkanes of at least 4 members (excludes halogenated alkanes) is 7. The Kier molecular flexibility index (Phi) is 11.7. The van der Waals surface area contributed by atoms with Gasteiger partial charge in [-0.2, -0.15) is 5.10 Å². The summed E-state index contributed by atoms with van der Waals surface area (Å²) in [6.45, 7) is 6.36. The van der Waals surface area contributed by atoms with Crippen LogP contribution in [0.25, 0.3) is 0 Å². The molecule has 140 valence electrons. The number of benzene rings is 1. The molecule has 1 amide bonds. The van der Waals surface area contributed by atoms with E-state index in [4.69, 9.17) is 0 Å². The van der Waals surface area contributed by atoms with E-state index in [1.54, 1.807) is 0 Å². The van der Waals surface area contributed by atoms with Crippen LogP contribution in [0.15, 0.2) is 29.4 Å². The predicted octanol–water partition coefficient (Wildman–Crippen LogP) is 6.01. The van der Waals surface area contributed by atoms with Crippen molar-refractivity contribution in [2.75, 3.05) is 0 Å². The molecule has 0 spiro atoms. The molecule has 0 bridgehead atoms. The summed E-state index contributed by atoms with van der Waals surface area (Å²) in [5, 5.41) is 4.24. The fourth-order valence-corrected chi connectivity index (χ4v) is 2.89. The van der Waals surface area contributed by atoms with Crippen molar-refractivity contribution >= 4 is 11.6 Å². The van der Waals surface area contributed by atoms with Gasteiger partial charge in [0.25, 0.3) is 0 Å². The monoisotopic (exact) mass is 344 g/mol. The van der Waals surface area contributed by atoms with Crippen molar-refractivity contribution in [1.29, 1.82) is 0 Å². The minimum atomic E-state index is 0.0212. The molecule has 0 fully saturated rings. The van der Waals surface area contributed by atoms with E-state index in [0.29, 0.717) is 6.42 Å². The van der Waals surface area contributed by atoms with E-state index in [2.05, 4.69) is 48.6 Å². The summed E-state index contributed by atoms with van der Waals surface area (Å²) in [5.41, 5.74) is 5.95. The number of carbonyl (C=O) groups excluding carboxylic acids is 1. The van der Waals surface area contributed by atoms with Crippen molar-refractivity contribution in [2.45, 2.75) is 91.4 Å². The average Bonchev–Trinajstić information content (AvgIpc) is 2.63. The lowest BCUT2D eigenvalue weighted by Gasteiger charge is -2.05. The third-order valence-corrected chi connectivity index (χ3v) is 4.52. The summed E-state index contributed by atoms with van der Waals surface area (Å²) in [6.07, 6.45) is 12.8. The third-order valence-electron chi connectivity index (χ3n) is 4.52. The summed E-state index contributed by atoms with van der Waals surface area (Å²) < 4.78 is 0. The zero-order valence-electron chi connectivity index (χ0n) is 16.4. The van der Waals surface area contributed by atoms with Crippen LogP contribution in [0.2, 0.25) is 0 Å². The standard InChI is InChI=1S/C22H36N2O/c1-4-6-7-8-9-10-11-12-14-22(25)24-23-19(3)21-17-15-20(13-5-2)16-18-21/h15-18H,4-14H2,1-3H3,(H,24,25). The zero-order valence-corrected chi connectivity index (χ0v) is 16.4. The second-order valence-electron chi connectivity index (χ2n) is 6.90. The SMILES string of the molecule is CCCCCCCCCCC(=O)NN=C(C)c1ccc(CCC)cc1. The molecule has 0 aliphatic carbocycles. The summed E-state index contributed by atoms with van der Waals surface area (Å²) in [6, 6.07) is 8.43. The Balaban J connectivity index is 2.20. The number of rotatable bonds is 13. The van der Waals surface area contributed by atoms with Crippen molar-refractivity contribution < 1.29 is 4.79 Å². The molecule has 0 aliphatic rings. The lowest BCUT2D eigenvalue weighted by atomic mass is 10.1. The summed E-state index contributed by atoms with van der Waals surface area (Å²) in [5.74, 6) is 0.0212. The van der Waals surface area contributed by atoms with Crippen LogP contribution in [0.3, 0.4) is 0 Å². The Labute approximate surface area is 154 Å². The molecule has 1 rings (SSSR count). The van der Waals surface area contributed by atoms with E-state index in [0.717, 1.165) is 37.0 Å². The first-order valence-electron chi connectivity index (χ1n) is 10.1. The van der Waals surface area contributed by atoms with Crippen LogP contribution in [0.5, 0.6) is 0 Å². The van der Waals surface area contributed by atoms with Crippen molar-refractivity contribution in [3.63, 3.8) is 0 Å². The van der Waals surface area contributed by atoms with Crippen LogP contribution in [-0.4, -0.2) is 11.6 Å². The maximum absolute atomic E-state index is 11.9. The third kappa shape index (κ3) is 10.1. The first-order chi connectivity index (χ1) is 12.2. The van der Waals surface area contributed by atoms with Gasteiger partial charge in [-0.3, -0.25) is 4.79 Å². The molecule has 0 aliphatic heterocycles. The van der Waals surface area contributed by atoms with Gasteiger partial charge < -0.3 is 0 Å². The minimum Gasteiger partial charge on any atom is -0.273 e. The van der Waals surface area contributed by atoms with Crippen molar-refractivity contribution in [3.8, 4) is 0 Å². The molecule has 1 aromatic carbocycles. The molecule has 3 heteroatoms. The van der Waals surface area contributed by atoms with Gasteiger partial charge in [-0.05, 0) is 30.9 Å². The number of hydrogen-bond donors (Lipinski definition) is 1.